The number of thioether (sulfide) groups is 1. The van der Waals surface area contributed by atoms with Gasteiger partial charge in [0.2, 0.25) is 0 Å². The molecule has 0 unspecified atom stereocenters. The zero-order chi connectivity index (χ0) is 15.5. The van der Waals surface area contributed by atoms with E-state index in [4.69, 9.17) is 28.2 Å². The first-order valence-electron chi connectivity index (χ1n) is 6.82. The Morgan fingerprint density at radius 2 is 1.64 bits per heavy atom. The van der Waals surface area contributed by atoms with E-state index in [0.717, 1.165) is 27.3 Å². The zero-order valence-corrected chi connectivity index (χ0v) is 14.1. The summed E-state index contributed by atoms with van der Waals surface area (Å²) in [5.41, 5.74) is 1.95. The van der Waals surface area contributed by atoms with Crippen LogP contribution in [0, 0.1) is 0 Å². The second-order valence-corrected chi connectivity index (χ2v) is 6.69. The average Bonchev–Trinajstić information content (AvgIpc) is 2.93. The first-order valence-corrected chi connectivity index (χ1v) is 8.56. The van der Waals surface area contributed by atoms with Crippen LogP contribution in [0.3, 0.4) is 0 Å². The van der Waals surface area contributed by atoms with Gasteiger partial charge >= 0.3 is 0 Å². The monoisotopic (exact) mass is 348 g/mol. The van der Waals surface area contributed by atoms with Crippen molar-refractivity contribution in [3.8, 4) is 0 Å². The Morgan fingerprint density at radius 3 is 2.23 bits per heavy atom. The van der Waals surface area contributed by atoms with Crippen molar-refractivity contribution in [1.82, 2.24) is 0 Å². The first kappa shape index (κ1) is 15.5. The maximum Gasteiger partial charge on any atom is 0.169 e. The average molecular weight is 349 g/mol. The number of amidine groups is 1. The van der Waals surface area contributed by atoms with Crippen molar-refractivity contribution in [3.05, 3.63) is 71.2 Å². The molecule has 0 bridgehead atoms. The lowest BCUT2D eigenvalue weighted by atomic mass is 10.2. The van der Waals surface area contributed by atoms with Crippen LogP contribution in [-0.2, 0) is 0 Å². The van der Waals surface area contributed by atoms with Crippen molar-refractivity contribution in [2.24, 2.45) is 4.99 Å². The number of anilines is 1. The molecular formula is C17H14Cl2N2S. The summed E-state index contributed by atoms with van der Waals surface area (Å²) in [5.74, 6) is 0.929. The van der Waals surface area contributed by atoms with Gasteiger partial charge < -0.3 is 4.90 Å². The van der Waals surface area contributed by atoms with Crippen molar-refractivity contribution in [1.29, 1.82) is 0 Å². The van der Waals surface area contributed by atoms with E-state index in [1.807, 2.05) is 54.6 Å². The fraction of sp³-hybridized carbons (Fsp3) is 0.118. The van der Waals surface area contributed by atoms with E-state index in [9.17, 15) is 0 Å². The molecule has 1 atom stereocenters. The van der Waals surface area contributed by atoms with Crippen molar-refractivity contribution >= 4 is 51.5 Å². The Balaban J connectivity index is 1.96. The highest BCUT2D eigenvalue weighted by molar-refractivity contribution is 8.14. The Hall–Kier alpha value is -1.42. The van der Waals surface area contributed by atoms with Crippen LogP contribution in [0.15, 0.2) is 66.2 Å². The summed E-state index contributed by atoms with van der Waals surface area (Å²) in [4.78, 5) is 6.93. The largest absolute Gasteiger partial charge is 0.313 e. The minimum Gasteiger partial charge on any atom is -0.313 e. The van der Waals surface area contributed by atoms with E-state index in [1.54, 1.807) is 11.8 Å². The molecule has 0 N–H and O–H groups in total. The molecule has 22 heavy (non-hydrogen) atoms. The Morgan fingerprint density at radius 1 is 1.05 bits per heavy atom. The molecule has 1 fully saturated rings. The fourth-order valence-corrected chi connectivity index (χ4v) is 3.64. The van der Waals surface area contributed by atoms with Gasteiger partial charge in [-0.3, -0.25) is 0 Å². The van der Waals surface area contributed by atoms with Crippen LogP contribution >= 0.6 is 35.0 Å². The molecule has 2 aromatic rings. The molecule has 0 spiro atoms. The van der Waals surface area contributed by atoms with Gasteiger partial charge in [0.1, 0.15) is 0 Å². The molecule has 3 rings (SSSR count). The second-order valence-electron chi connectivity index (χ2n) is 4.83. The number of nitrogens with zero attached hydrogens (tertiary/aromatic N) is 2. The molecule has 1 saturated heterocycles. The zero-order valence-electron chi connectivity index (χ0n) is 11.7. The lowest BCUT2D eigenvalue weighted by Gasteiger charge is -2.23. The smallest absolute Gasteiger partial charge is 0.169 e. The van der Waals surface area contributed by atoms with E-state index < -0.39 is 0 Å². The summed E-state index contributed by atoms with van der Waals surface area (Å²) in [6, 6.07) is 15.5. The van der Waals surface area contributed by atoms with Gasteiger partial charge in [0.05, 0.1) is 11.7 Å². The number of aliphatic imine (C=N–C) groups is 1. The summed E-state index contributed by atoms with van der Waals surface area (Å²) >= 11 is 13.6. The summed E-state index contributed by atoms with van der Waals surface area (Å²) in [6.07, 6.45) is 1.95. The Labute approximate surface area is 144 Å². The summed E-state index contributed by atoms with van der Waals surface area (Å²) in [7, 11) is 0. The first-order chi connectivity index (χ1) is 10.7. The van der Waals surface area contributed by atoms with Crippen LogP contribution in [0.2, 0.25) is 10.0 Å². The highest BCUT2D eigenvalue weighted by Gasteiger charge is 2.29. The Kier molecular flexibility index (Phi) is 4.77. The molecule has 1 heterocycles. The summed E-state index contributed by atoms with van der Waals surface area (Å²) < 4.78 is 0. The number of hydrogen-bond acceptors (Lipinski definition) is 2. The van der Waals surface area contributed by atoms with Crippen LogP contribution in [-0.4, -0.2) is 17.0 Å². The van der Waals surface area contributed by atoms with E-state index in [0.29, 0.717) is 5.02 Å². The molecule has 0 saturated carbocycles. The van der Waals surface area contributed by atoms with Crippen LogP contribution in [0.5, 0.6) is 0 Å². The van der Waals surface area contributed by atoms with Crippen molar-refractivity contribution in [3.63, 3.8) is 0 Å². The molecule has 2 nitrogen and oxygen atoms in total. The molecule has 0 aliphatic carbocycles. The highest BCUT2D eigenvalue weighted by atomic mass is 35.5. The van der Waals surface area contributed by atoms with Crippen molar-refractivity contribution in [2.75, 3.05) is 10.7 Å². The van der Waals surface area contributed by atoms with Crippen molar-refractivity contribution < 1.29 is 0 Å². The normalized spacial score (nSPS) is 19.6. The third-order valence-corrected chi connectivity index (χ3v) is 4.91. The lowest BCUT2D eigenvalue weighted by molar-refractivity contribution is 0.927. The van der Waals surface area contributed by atoms with Crippen LogP contribution in [0.1, 0.15) is 0 Å². The maximum absolute atomic E-state index is 5.98. The van der Waals surface area contributed by atoms with E-state index >= 15 is 0 Å². The Bertz CT molecular complexity index is 696. The molecule has 1 aliphatic heterocycles. The molecule has 0 aromatic heterocycles. The number of rotatable bonds is 3. The second kappa shape index (κ2) is 6.78. The quantitative estimate of drug-likeness (QED) is 0.652. The predicted octanol–water partition coefficient (Wildman–Crippen LogP) is 5.79. The van der Waals surface area contributed by atoms with Gasteiger partial charge in [-0.15, -0.1) is 6.58 Å². The highest BCUT2D eigenvalue weighted by Crippen LogP contribution is 2.33. The predicted molar refractivity (Wildman–Crippen MR) is 98.9 cm³/mol. The van der Waals surface area contributed by atoms with Crippen LogP contribution in [0.4, 0.5) is 11.4 Å². The standard InChI is InChI=1S/C17H14Cl2N2S/c1-2-15-11-22-17(20-14-7-3-12(18)4-8-14)21(15)16-9-5-13(19)6-10-16/h2-10,15H,1,11H2/t15-/m1/s1. The molecule has 112 valence electrons. The van der Waals surface area contributed by atoms with E-state index in [2.05, 4.69) is 11.5 Å². The van der Waals surface area contributed by atoms with Gasteiger partial charge in [-0.1, -0.05) is 41.0 Å². The molecular weight excluding hydrogens is 335 g/mol. The van der Waals surface area contributed by atoms with Crippen molar-refractivity contribution in [2.45, 2.75) is 6.04 Å². The number of halogens is 2. The summed E-state index contributed by atoms with van der Waals surface area (Å²) in [6.45, 7) is 3.94. The topological polar surface area (TPSA) is 15.6 Å². The van der Waals surface area contributed by atoms with Gasteiger partial charge in [-0.25, -0.2) is 4.99 Å². The maximum atomic E-state index is 5.98. The van der Waals surface area contributed by atoms with E-state index in [-0.39, 0.29) is 6.04 Å². The third-order valence-electron chi connectivity index (χ3n) is 3.35. The molecule has 0 amide bonds. The molecule has 2 aromatic carbocycles. The fourth-order valence-electron chi connectivity index (χ4n) is 2.24. The van der Waals surface area contributed by atoms with Gasteiger partial charge in [-0.05, 0) is 48.5 Å². The molecule has 0 radical (unpaired) electrons. The van der Waals surface area contributed by atoms with Crippen LogP contribution < -0.4 is 4.90 Å². The van der Waals surface area contributed by atoms with Gasteiger partial charge in [0.25, 0.3) is 0 Å². The molecule has 5 heteroatoms. The van der Waals surface area contributed by atoms with E-state index in [1.165, 1.54) is 0 Å². The van der Waals surface area contributed by atoms with Gasteiger partial charge in [-0.2, -0.15) is 0 Å². The lowest BCUT2D eigenvalue weighted by Crippen LogP contribution is -2.32. The third kappa shape index (κ3) is 3.32. The molecule has 1 aliphatic rings. The van der Waals surface area contributed by atoms with Crippen LogP contribution in [0.25, 0.3) is 0 Å². The number of benzene rings is 2. The summed E-state index contributed by atoms with van der Waals surface area (Å²) in [5, 5.41) is 2.39. The minimum absolute atomic E-state index is 0.220. The number of hydrogen-bond donors (Lipinski definition) is 0. The minimum atomic E-state index is 0.220. The van der Waals surface area contributed by atoms with Gasteiger partial charge in [0, 0.05) is 21.5 Å². The van der Waals surface area contributed by atoms with Gasteiger partial charge in [0.15, 0.2) is 5.17 Å². The SMILES string of the molecule is C=C[C@@H]1CSC(=Nc2ccc(Cl)cc2)N1c1ccc(Cl)cc1.